The van der Waals surface area contributed by atoms with Crippen LogP contribution in [0.3, 0.4) is 0 Å². The van der Waals surface area contributed by atoms with E-state index < -0.39 is 27.7 Å². The van der Waals surface area contributed by atoms with Gasteiger partial charge in [-0.15, -0.1) is 11.3 Å². The number of hydrogen-bond acceptors (Lipinski definition) is 7. The van der Waals surface area contributed by atoms with Gasteiger partial charge in [0.25, 0.3) is 5.91 Å². The molecule has 33 heavy (non-hydrogen) atoms. The van der Waals surface area contributed by atoms with Crippen molar-refractivity contribution in [3.8, 4) is 6.07 Å². The van der Waals surface area contributed by atoms with E-state index in [2.05, 4.69) is 4.98 Å². The number of rotatable bonds is 6. The molecule has 12 heteroatoms. The number of carbonyl (C=O) groups excluding carboxylic acids is 1. The Hall–Kier alpha value is -3.43. The van der Waals surface area contributed by atoms with E-state index in [1.54, 1.807) is 36.1 Å². The van der Waals surface area contributed by atoms with Crippen molar-refractivity contribution in [3.63, 3.8) is 0 Å². The van der Waals surface area contributed by atoms with Crippen molar-refractivity contribution in [2.45, 2.75) is 19.6 Å². The fourth-order valence-electron chi connectivity index (χ4n) is 2.94. The standard InChI is InChI=1S/C21H17F3N4O3S2/c1-13-18(19(29)27-33(2,30)31)26-20(32-13)28(17-8-6-14(11-25)7-9-17)12-15-4-3-5-16(10-15)21(22,23)24/h3-10H,12H2,1-2H3,(H,27,29). The van der Waals surface area contributed by atoms with E-state index in [0.29, 0.717) is 21.7 Å². The summed E-state index contributed by atoms with van der Waals surface area (Å²) >= 11 is 1.08. The maximum atomic E-state index is 13.2. The predicted molar refractivity (Wildman–Crippen MR) is 118 cm³/mol. The Balaban J connectivity index is 2.04. The highest BCUT2D eigenvalue weighted by atomic mass is 32.2. The summed E-state index contributed by atoms with van der Waals surface area (Å²) in [4.78, 5) is 18.6. The molecule has 7 nitrogen and oxygen atoms in total. The number of alkyl halides is 3. The van der Waals surface area contributed by atoms with Gasteiger partial charge >= 0.3 is 6.18 Å². The lowest BCUT2D eigenvalue weighted by atomic mass is 10.1. The quantitative estimate of drug-likeness (QED) is 0.546. The first kappa shape index (κ1) is 24.2. The van der Waals surface area contributed by atoms with Crippen LogP contribution in [0.4, 0.5) is 24.0 Å². The molecule has 0 aliphatic heterocycles. The van der Waals surface area contributed by atoms with Crippen molar-refractivity contribution in [1.29, 1.82) is 5.26 Å². The highest BCUT2D eigenvalue weighted by molar-refractivity contribution is 7.89. The highest BCUT2D eigenvalue weighted by Crippen LogP contribution is 2.35. The van der Waals surface area contributed by atoms with Gasteiger partial charge < -0.3 is 4.90 Å². The first-order valence-electron chi connectivity index (χ1n) is 9.31. The van der Waals surface area contributed by atoms with Crippen LogP contribution in [0.1, 0.15) is 32.1 Å². The minimum atomic E-state index is -4.51. The Bertz CT molecular complexity index is 1330. The predicted octanol–water partition coefficient (Wildman–Crippen LogP) is 4.37. The van der Waals surface area contributed by atoms with Gasteiger partial charge in [-0.2, -0.15) is 18.4 Å². The summed E-state index contributed by atoms with van der Waals surface area (Å²) in [6, 6.07) is 13.1. The smallest absolute Gasteiger partial charge is 0.313 e. The zero-order chi connectivity index (χ0) is 24.4. The van der Waals surface area contributed by atoms with Crippen LogP contribution in [0, 0.1) is 18.3 Å². The van der Waals surface area contributed by atoms with E-state index >= 15 is 0 Å². The molecule has 0 atom stereocenters. The van der Waals surface area contributed by atoms with Crippen LogP contribution in [-0.4, -0.2) is 25.6 Å². The number of hydrogen-bond donors (Lipinski definition) is 1. The molecule has 1 aromatic heterocycles. The topological polar surface area (TPSA) is 103 Å². The molecule has 0 saturated carbocycles. The van der Waals surface area contributed by atoms with Crippen molar-refractivity contribution in [1.82, 2.24) is 9.71 Å². The molecule has 3 rings (SSSR count). The Morgan fingerprint density at radius 1 is 1.21 bits per heavy atom. The Kier molecular flexibility index (Phi) is 6.76. The summed E-state index contributed by atoms with van der Waals surface area (Å²) in [6.07, 6.45) is -3.67. The first-order valence-corrected chi connectivity index (χ1v) is 12.0. The minimum absolute atomic E-state index is 0.0179. The second kappa shape index (κ2) is 9.21. The van der Waals surface area contributed by atoms with Crippen LogP contribution in [0.15, 0.2) is 48.5 Å². The molecule has 172 valence electrons. The molecule has 1 N–H and O–H groups in total. The summed E-state index contributed by atoms with van der Waals surface area (Å²) in [5, 5.41) is 9.32. The fraction of sp³-hybridized carbons (Fsp3) is 0.190. The molecular weight excluding hydrogens is 477 g/mol. The van der Waals surface area contributed by atoms with Gasteiger partial charge in [0.2, 0.25) is 10.0 Å². The summed E-state index contributed by atoms with van der Waals surface area (Å²) in [5.41, 5.74) is 0.340. The van der Waals surface area contributed by atoms with E-state index in [-0.39, 0.29) is 17.4 Å². The van der Waals surface area contributed by atoms with E-state index in [1.807, 2.05) is 10.8 Å². The van der Waals surface area contributed by atoms with Crippen LogP contribution in [-0.2, 0) is 22.7 Å². The van der Waals surface area contributed by atoms with Gasteiger partial charge in [0.1, 0.15) is 5.69 Å². The van der Waals surface area contributed by atoms with Crippen molar-refractivity contribution in [2.24, 2.45) is 0 Å². The number of carbonyl (C=O) groups is 1. The highest BCUT2D eigenvalue weighted by Gasteiger charge is 2.30. The molecule has 0 unspecified atom stereocenters. The summed E-state index contributed by atoms with van der Waals surface area (Å²) in [6.45, 7) is 1.56. The third-order valence-corrected chi connectivity index (χ3v) is 5.96. The van der Waals surface area contributed by atoms with Gasteiger partial charge in [-0.3, -0.25) is 4.79 Å². The third kappa shape index (κ3) is 6.09. The molecule has 1 amide bonds. The number of benzene rings is 2. The van der Waals surface area contributed by atoms with Crippen LogP contribution < -0.4 is 9.62 Å². The Morgan fingerprint density at radius 2 is 1.88 bits per heavy atom. The monoisotopic (exact) mass is 494 g/mol. The zero-order valence-electron chi connectivity index (χ0n) is 17.3. The summed E-state index contributed by atoms with van der Waals surface area (Å²) in [7, 11) is -3.81. The fourth-order valence-corrected chi connectivity index (χ4v) is 4.30. The van der Waals surface area contributed by atoms with Gasteiger partial charge in [0, 0.05) is 10.6 Å². The largest absolute Gasteiger partial charge is 0.416 e. The van der Waals surface area contributed by atoms with E-state index in [9.17, 15) is 26.4 Å². The average Bonchev–Trinajstić information content (AvgIpc) is 3.12. The van der Waals surface area contributed by atoms with Gasteiger partial charge in [-0.25, -0.2) is 18.1 Å². The first-order chi connectivity index (χ1) is 15.4. The molecule has 0 radical (unpaired) electrons. The van der Waals surface area contributed by atoms with Gasteiger partial charge in [-0.05, 0) is 48.9 Å². The number of amides is 1. The number of sulfonamides is 1. The number of nitriles is 1. The molecule has 2 aromatic carbocycles. The van der Waals surface area contributed by atoms with Crippen LogP contribution in [0.5, 0.6) is 0 Å². The molecule has 0 bridgehead atoms. The average molecular weight is 495 g/mol. The second-order valence-corrected chi connectivity index (χ2v) is 9.98. The number of nitrogens with zero attached hydrogens (tertiary/aromatic N) is 3. The maximum Gasteiger partial charge on any atom is 0.416 e. The molecule has 1 heterocycles. The van der Waals surface area contributed by atoms with Crippen LogP contribution in [0.2, 0.25) is 0 Å². The summed E-state index contributed by atoms with van der Waals surface area (Å²) in [5.74, 6) is -0.906. The lowest BCUT2D eigenvalue weighted by Crippen LogP contribution is -2.30. The van der Waals surface area contributed by atoms with Crippen molar-refractivity contribution in [2.75, 3.05) is 11.2 Å². The number of aryl methyl sites for hydroxylation is 1. The van der Waals surface area contributed by atoms with Gasteiger partial charge in [0.05, 0.1) is 30.0 Å². The third-order valence-electron chi connectivity index (χ3n) is 4.41. The van der Waals surface area contributed by atoms with Crippen LogP contribution >= 0.6 is 11.3 Å². The summed E-state index contributed by atoms with van der Waals surface area (Å²) < 4.78 is 64.2. The lowest BCUT2D eigenvalue weighted by molar-refractivity contribution is -0.137. The van der Waals surface area contributed by atoms with Crippen LogP contribution in [0.25, 0.3) is 0 Å². The van der Waals surface area contributed by atoms with E-state index in [4.69, 9.17) is 5.26 Å². The molecule has 0 spiro atoms. The van der Waals surface area contributed by atoms with Crippen molar-refractivity contribution in [3.05, 3.63) is 75.8 Å². The molecule has 0 saturated heterocycles. The number of halogens is 3. The molecule has 3 aromatic rings. The van der Waals surface area contributed by atoms with Crippen molar-refractivity contribution < 1.29 is 26.4 Å². The molecule has 0 aliphatic rings. The normalized spacial score (nSPS) is 11.6. The number of anilines is 2. The maximum absolute atomic E-state index is 13.2. The SMILES string of the molecule is Cc1sc(N(Cc2cccc(C(F)(F)F)c2)c2ccc(C#N)cc2)nc1C(=O)NS(C)(=O)=O. The Labute approximate surface area is 192 Å². The lowest BCUT2D eigenvalue weighted by Gasteiger charge is -2.23. The van der Waals surface area contributed by atoms with E-state index in [0.717, 1.165) is 29.7 Å². The number of nitrogens with one attached hydrogen (secondary N) is 1. The minimum Gasteiger partial charge on any atom is -0.313 e. The molecule has 0 fully saturated rings. The Morgan fingerprint density at radius 3 is 2.45 bits per heavy atom. The van der Waals surface area contributed by atoms with Gasteiger partial charge in [-0.1, -0.05) is 12.1 Å². The molecule has 0 aliphatic carbocycles. The zero-order valence-corrected chi connectivity index (χ0v) is 19.0. The molecular formula is C21H17F3N4O3S2. The second-order valence-electron chi connectivity index (χ2n) is 7.05. The van der Waals surface area contributed by atoms with Crippen molar-refractivity contribution >= 4 is 38.1 Å². The number of thiazole rings is 1. The van der Waals surface area contributed by atoms with Gasteiger partial charge in [0.15, 0.2) is 5.13 Å². The number of aromatic nitrogens is 1. The van der Waals surface area contributed by atoms with E-state index in [1.165, 1.54) is 12.1 Å².